The minimum atomic E-state index is -0.108. The van der Waals surface area contributed by atoms with Crippen molar-refractivity contribution in [2.45, 2.75) is 19.8 Å². The highest BCUT2D eigenvalue weighted by atomic mass is 32.1. The Morgan fingerprint density at radius 2 is 1.36 bits per heavy atom. The van der Waals surface area contributed by atoms with Crippen molar-refractivity contribution in [2.24, 2.45) is 0 Å². The first-order valence-electron chi connectivity index (χ1n) is 6.93. The maximum absolute atomic E-state index is 10.9. The van der Waals surface area contributed by atoms with E-state index in [0.29, 0.717) is 0 Å². The molecule has 114 valence electrons. The number of rotatable bonds is 4. The van der Waals surface area contributed by atoms with Crippen LogP contribution in [0.3, 0.4) is 0 Å². The lowest BCUT2D eigenvalue weighted by Gasteiger charge is -2.22. The number of aryl methyl sites for hydroxylation is 2. The zero-order valence-corrected chi connectivity index (χ0v) is 13.9. The molecule has 0 amide bonds. The lowest BCUT2D eigenvalue weighted by Crippen LogP contribution is -2.07. The number of benzene rings is 1. The van der Waals surface area contributed by atoms with Crippen LogP contribution < -0.4 is 5.23 Å². The van der Waals surface area contributed by atoms with E-state index in [1.165, 1.54) is 19.5 Å². The van der Waals surface area contributed by atoms with Crippen molar-refractivity contribution in [3.05, 3.63) is 78.8 Å². The molecule has 0 aliphatic heterocycles. The van der Waals surface area contributed by atoms with Gasteiger partial charge in [0, 0.05) is 19.5 Å². The molecule has 2 aromatic heterocycles. The van der Waals surface area contributed by atoms with Crippen molar-refractivity contribution >= 4 is 28.4 Å². The summed E-state index contributed by atoms with van der Waals surface area (Å²) >= 11 is 3.58. The summed E-state index contributed by atoms with van der Waals surface area (Å²) < 4.78 is 0. The normalized spacial score (nSPS) is 11.1. The molecule has 0 aliphatic carbocycles. The Hall–Kier alpha value is -1.66. The third kappa shape index (κ3) is 3.08. The van der Waals surface area contributed by atoms with E-state index in [2.05, 4.69) is 38.1 Å². The van der Waals surface area contributed by atoms with E-state index < -0.39 is 0 Å². The maximum atomic E-state index is 10.9. The Morgan fingerprint density at radius 1 is 0.864 bits per heavy atom. The molecule has 3 nitrogen and oxygen atoms in total. The van der Waals surface area contributed by atoms with Crippen LogP contribution in [0.15, 0.2) is 48.5 Å². The van der Waals surface area contributed by atoms with Gasteiger partial charge in [-0.3, -0.25) is 5.21 Å². The monoisotopic (exact) mass is 330 g/mol. The summed E-state index contributed by atoms with van der Waals surface area (Å²) in [6, 6.07) is 15.7. The number of anilines is 1. The Morgan fingerprint density at radius 3 is 1.73 bits per heavy atom. The zero-order chi connectivity index (χ0) is 15.7. The van der Waals surface area contributed by atoms with Gasteiger partial charge in [0.25, 0.3) is 0 Å². The van der Waals surface area contributed by atoms with Gasteiger partial charge < -0.3 is 10.4 Å². The molecule has 3 aromatic rings. The van der Waals surface area contributed by atoms with E-state index in [0.717, 1.165) is 5.56 Å². The first-order valence-corrected chi connectivity index (χ1v) is 8.56. The van der Waals surface area contributed by atoms with Crippen molar-refractivity contribution in [1.82, 2.24) is 0 Å². The maximum Gasteiger partial charge on any atom is 0.0527 e. The standard InChI is InChI=1S/C17H16NO2S2/c1-11-3-9-15(21-11)17(16-10-4-12(2)22-16)13-5-7-14(8-6-13)18(19)20/h3-10,17,19H,1-2H3/q-1. The molecule has 1 N–H and O–H groups in total. The molecule has 0 unspecified atom stereocenters. The van der Waals surface area contributed by atoms with Crippen molar-refractivity contribution in [3.63, 3.8) is 0 Å². The SMILES string of the molecule is Cc1ccc(C(c2ccc(N([O-])O)cc2)c2ccc(C)s2)s1. The van der Waals surface area contributed by atoms with Gasteiger partial charge in [-0.2, -0.15) is 0 Å². The number of hydrogen-bond acceptors (Lipinski definition) is 5. The average Bonchev–Trinajstić information content (AvgIpc) is 3.09. The highest BCUT2D eigenvalue weighted by molar-refractivity contribution is 7.13. The van der Waals surface area contributed by atoms with Crippen LogP contribution in [-0.4, -0.2) is 5.21 Å². The van der Waals surface area contributed by atoms with E-state index in [9.17, 15) is 5.21 Å². The van der Waals surface area contributed by atoms with E-state index in [1.807, 2.05) is 12.1 Å². The van der Waals surface area contributed by atoms with Gasteiger partial charge in [-0.1, -0.05) is 12.1 Å². The summed E-state index contributed by atoms with van der Waals surface area (Å²) in [4.78, 5) is 5.14. The first-order chi connectivity index (χ1) is 10.5. The molecule has 0 aliphatic rings. The predicted octanol–water partition coefficient (Wildman–Crippen LogP) is 5.30. The second-order valence-corrected chi connectivity index (χ2v) is 7.83. The molecule has 2 heterocycles. The molecule has 0 saturated carbocycles. The van der Waals surface area contributed by atoms with Gasteiger partial charge >= 0.3 is 0 Å². The minimum Gasteiger partial charge on any atom is -0.733 e. The van der Waals surface area contributed by atoms with Crippen LogP contribution in [0.5, 0.6) is 0 Å². The van der Waals surface area contributed by atoms with E-state index >= 15 is 0 Å². The Labute approximate surface area is 137 Å². The van der Waals surface area contributed by atoms with Gasteiger partial charge in [-0.05, 0) is 55.8 Å². The third-order valence-electron chi connectivity index (χ3n) is 3.54. The Kier molecular flexibility index (Phi) is 4.31. The van der Waals surface area contributed by atoms with Gasteiger partial charge in [-0.25, -0.2) is 0 Å². The third-order valence-corrected chi connectivity index (χ3v) is 5.67. The Balaban J connectivity index is 2.05. The van der Waals surface area contributed by atoms with Crippen molar-refractivity contribution in [3.8, 4) is 0 Å². The van der Waals surface area contributed by atoms with Crippen LogP contribution in [0.2, 0.25) is 0 Å². The fourth-order valence-corrected chi connectivity index (χ4v) is 4.60. The van der Waals surface area contributed by atoms with E-state index in [4.69, 9.17) is 5.21 Å². The minimum absolute atomic E-state index is 0.108. The number of thiophene rings is 2. The number of hydrogen-bond donors (Lipinski definition) is 1. The molecule has 0 saturated heterocycles. The summed E-state index contributed by atoms with van der Waals surface area (Å²) in [5, 5.41) is 19.8. The van der Waals surface area contributed by atoms with Gasteiger partial charge in [0.15, 0.2) is 0 Å². The van der Waals surface area contributed by atoms with E-state index in [1.54, 1.807) is 34.8 Å². The lowest BCUT2D eigenvalue weighted by atomic mass is 9.95. The topological polar surface area (TPSA) is 46.5 Å². The highest BCUT2D eigenvalue weighted by Crippen LogP contribution is 2.39. The molecule has 0 spiro atoms. The summed E-state index contributed by atoms with van der Waals surface area (Å²) in [7, 11) is 0. The second-order valence-electron chi connectivity index (χ2n) is 5.19. The van der Waals surface area contributed by atoms with Gasteiger partial charge in [-0.15, -0.1) is 22.7 Å². The van der Waals surface area contributed by atoms with Crippen LogP contribution >= 0.6 is 22.7 Å². The predicted molar refractivity (Wildman–Crippen MR) is 93.1 cm³/mol. The molecule has 22 heavy (non-hydrogen) atoms. The molecule has 0 fully saturated rings. The molecule has 3 rings (SSSR count). The molecular formula is C17H16NO2S2-. The molecule has 0 atom stereocenters. The summed E-state index contributed by atoms with van der Waals surface area (Å²) in [5.41, 5.74) is 1.36. The fourth-order valence-electron chi connectivity index (χ4n) is 2.48. The molecule has 0 bridgehead atoms. The first kappa shape index (κ1) is 15.2. The summed E-state index contributed by atoms with van der Waals surface area (Å²) in [6.45, 7) is 4.21. The fraction of sp³-hybridized carbons (Fsp3) is 0.176. The van der Waals surface area contributed by atoms with Crippen molar-refractivity contribution in [2.75, 3.05) is 5.23 Å². The van der Waals surface area contributed by atoms with E-state index in [-0.39, 0.29) is 16.8 Å². The largest absolute Gasteiger partial charge is 0.733 e. The van der Waals surface area contributed by atoms with Crippen LogP contribution in [0, 0.1) is 19.1 Å². The summed E-state index contributed by atoms with van der Waals surface area (Å²) in [6.07, 6.45) is 0. The quantitative estimate of drug-likeness (QED) is 0.660. The Bertz CT molecular complexity index is 719. The molecule has 0 radical (unpaired) electrons. The average molecular weight is 330 g/mol. The van der Waals surface area contributed by atoms with Crippen LogP contribution in [0.1, 0.15) is 31.0 Å². The highest BCUT2D eigenvalue weighted by Gasteiger charge is 2.20. The summed E-state index contributed by atoms with van der Waals surface area (Å²) in [5.74, 6) is 0.172. The smallest absolute Gasteiger partial charge is 0.0527 e. The van der Waals surface area contributed by atoms with Crippen LogP contribution in [0.25, 0.3) is 0 Å². The van der Waals surface area contributed by atoms with Crippen molar-refractivity contribution < 1.29 is 5.21 Å². The molecular weight excluding hydrogens is 314 g/mol. The number of nitrogens with zero attached hydrogens (tertiary/aromatic N) is 1. The molecule has 1 aromatic carbocycles. The van der Waals surface area contributed by atoms with Crippen LogP contribution in [-0.2, 0) is 0 Å². The molecule has 5 heteroatoms. The lowest BCUT2D eigenvalue weighted by molar-refractivity contribution is 0.296. The van der Waals surface area contributed by atoms with Gasteiger partial charge in [0.2, 0.25) is 0 Å². The van der Waals surface area contributed by atoms with Gasteiger partial charge in [0.1, 0.15) is 0 Å². The van der Waals surface area contributed by atoms with Gasteiger partial charge in [0.05, 0.1) is 11.6 Å². The second kappa shape index (κ2) is 6.22. The zero-order valence-electron chi connectivity index (χ0n) is 12.3. The van der Waals surface area contributed by atoms with Crippen molar-refractivity contribution in [1.29, 1.82) is 0 Å². The van der Waals surface area contributed by atoms with Crippen LogP contribution in [0.4, 0.5) is 5.69 Å².